The summed E-state index contributed by atoms with van der Waals surface area (Å²) >= 11 is 6.26. The molecule has 0 saturated carbocycles. The zero-order valence-corrected chi connectivity index (χ0v) is 19.2. The second-order valence-corrected chi connectivity index (χ2v) is 9.01. The van der Waals surface area contributed by atoms with Crippen LogP contribution in [0.3, 0.4) is 0 Å². The number of ether oxygens (including phenoxy) is 1. The minimum atomic E-state index is 0.357. The van der Waals surface area contributed by atoms with Gasteiger partial charge in [0.15, 0.2) is 5.82 Å². The molecule has 0 N–H and O–H groups in total. The third-order valence-corrected chi connectivity index (χ3v) is 6.69. The van der Waals surface area contributed by atoms with Crippen molar-refractivity contribution in [1.29, 1.82) is 0 Å². The Labute approximate surface area is 194 Å². The molecule has 4 heterocycles. The molecule has 32 heavy (non-hydrogen) atoms. The molecule has 0 radical (unpaired) electrons. The average Bonchev–Trinajstić information content (AvgIpc) is 3.23. The van der Waals surface area contributed by atoms with Gasteiger partial charge in [0, 0.05) is 43.3 Å². The van der Waals surface area contributed by atoms with Crippen LogP contribution in [0, 0.1) is 6.92 Å². The second kappa shape index (κ2) is 9.57. The molecular weight excluding hydrogens is 424 g/mol. The van der Waals surface area contributed by atoms with Crippen LogP contribution in [0.15, 0.2) is 42.6 Å². The van der Waals surface area contributed by atoms with E-state index in [2.05, 4.69) is 43.5 Å². The smallest absolute Gasteiger partial charge is 0.151 e. The van der Waals surface area contributed by atoms with Crippen LogP contribution in [-0.4, -0.2) is 64.0 Å². The first-order valence-electron chi connectivity index (χ1n) is 11.4. The summed E-state index contributed by atoms with van der Waals surface area (Å²) in [6, 6.07) is 12.2. The lowest BCUT2D eigenvalue weighted by Crippen LogP contribution is -2.36. The van der Waals surface area contributed by atoms with E-state index < -0.39 is 0 Å². The molecule has 0 bridgehead atoms. The summed E-state index contributed by atoms with van der Waals surface area (Å²) < 4.78 is 7.80. The molecule has 168 valence electrons. The van der Waals surface area contributed by atoms with E-state index in [4.69, 9.17) is 21.4 Å². The van der Waals surface area contributed by atoms with Crippen LogP contribution in [0.2, 0.25) is 5.02 Å². The van der Waals surface area contributed by atoms with Crippen LogP contribution in [0.4, 0.5) is 5.82 Å². The predicted octanol–water partition coefficient (Wildman–Crippen LogP) is 3.84. The van der Waals surface area contributed by atoms with Crippen molar-refractivity contribution in [2.75, 3.05) is 44.3 Å². The minimum Gasteiger partial charge on any atom is -0.379 e. The highest BCUT2D eigenvalue weighted by Crippen LogP contribution is 2.32. The number of anilines is 1. The van der Waals surface area contributed by atoms with Gasteiger partial charge >= 0.3 is 0 Å². The van der Waals surface area contributed by atoms with Crippen molar-refractivity contribution in [2.45, 2.75) is 32.2 Å². The Bertz CT molecular complexity index is 1040. The molecule has 3 aromatic rings. The molecule has 8 heteroatoms. The Morgan fingerprint density at radius 1 is 1.03 bits per heavy atom. The summed E-state index contributed by atoms with van der Waals surface area (Å²) in [5, 5.41) is 10.2. The molecule has 0 aliphatic carbocycles. The number of pyridine rings is 1. The summed E-state index contributed by atoms with van der Waals surface area (Å²) in [5.74, 6) is 3.45. The maximum atomic E-state index is 6.26. The molecule has 7 nitrogen and oxygen atoms in total. The minimum absolute atomic E-state index is 0.357. The normalized spacial score (nSPS) is 18.2. The van der Waals surface area contributed by atoms with Crippen molar-refractivity contribution >= 4 is 17.4 Å². The molecule has 0 spiro atoms. The van der Waals surface area contributed by atoms with E-state index in [0.717, 1.165) is 92.5 Å². The fourth-order valence-corrected chi connectivity index (χ4v) is 4.92. The van der Waals surface area contributed by atoms with E-state index in [1.54, 1.807) is 0 Å². The largest absolute Gasteiger partial charge is 0.379 e. The van der Waals surface area contributed by atoms with E-state index in [1.807, 2.05) is 30.5 Å². The Morgan fingerprint density at radius 3 is 2.56 bits per heavy atom. The lowest BCUT2D eigenvalue weighted by Gasteiger charge is -2.32. The highest BCUT2D eigenvalue weighted by atomic mass is 35.5. The molecule has 2 fully saturated rings. The van der Waals surface area contributed by atoms with Gasteiger partial charge in [-0.2, -0.15) is 0 Å². The maximum Gasteiger partial charge on any atom is 0.151 e. The van der Waals surface area contributed by atoms with Gasteiger partial charge in [-0.3, -0.25) is 9.47 Å². The van der Waals surface area contributed by atoms with Gasteiger partial charge in [0.2, 0.25) is 0 Å². The van der Waals surface area contributed by atoms with Gasteiger partial charge in [0.1, 0.15) is 11.6 Å². The maximum absolute atomic E-state index is 6.26. The van der Waals surface area contributed by atoms with Crippen LogP contribution in [-0.2, 0) is 11.3 Å². The van der Waals surface area contributed by atoms with Crippen LogP contribution in [0.1, 0.15) is 36.0 Å². The number of hydrogen-bond acceptors (Lipinski definition) is 6. The highest BCUT2D eigenvalue weighted by Gasteiger charge is 2.28. The third-order valence-electron chi connectivity index (χ3n) is 6.46. The van der Waals surface area contributed by atoms with Gasteiger partial charge in [-0.1, -0.05) is 17.7 Å². The first-order valence-corrected chi connectivity index (χ1v) is 11.7. The van der Waals surface area contributed by atoms with Crippen molar-refractivity contribution in [1.82, 2.24) is 24.6 Å². The van der Waals surface area contributed by atoms with Crippen molar-refractivity contribution < 1.29 is 4.74 Å². The van der Waals surface area contributed by atoms with Gasteiger partial charge < -0.3 is 9.64 Å². The average molecular weight is 453 g/mol. The Kier molecular flexibility index (Phi) is 6.39. The van der Waals surface area contributed by atoms with Crippen LogP contribution in [0.25, 0.3) is 5.69 Å². The van der Waals surface area contributed by atoms with Crippen LogP contribution in [0.5, 0.6) is 0 Å². The number of hydrogen-bond donors (Lipinski definition) is 0. The molecule has 5 rings (SSSR count). The Morgan fingerprint density at radius 2 is 1.84 bits per heavy atom. The molecule has 0 unspecified atom stereocenters. The summed E-state index contributed by atoms with van der Waals surface area (Å²) in [4.78, 5) is 9.27. The second-order valence-electron chi connectivity index (χ2n) is 8.58. The zero-order valence-electron chi connectivity index (χ0n) is 18.5. The van der Waals surface area contributed by atoms with Gasteiger partial charge in [-0.25, -0.2) is 4.98 Å². The first kappa shape index (κ1) is 21.4. The van der Waals surface area contributed by atoms with Gasteiger partial charge in [-0.05, 0) is 55.7 Å². The predicted molar refractivity (Wildman–Crippen MR) is 126 cm³/mol. The first-order chi connectivity index (χ1) is 15.7. The van der Waals surface area contributed by atoms with E-state index in [1.165, 1.54) is 0 Å². The third kappa shape index (κ3) is 4.51. The number of halogens is 1. The number of piperidine rings is 1. The zero-order chi connectivity index (χ0) is 21.9. The molecule has 2 saturated heterocycles. The molecule has 0 amide bonds. The van der Waals surface area contributed by atoms with Crippen molar-refractivity contribution in [3.05, 3.63) is 64.8 Å². The summed E-state index contributed by atoms with van der Waals surface area (Å²) in [6.45, 7) is 8.19. The van der Waals surface area contributed by atoms with E-state index >= 15 is 0 Å². The monoisotopic (exact) mass is 452 g/mol. The Hall–Kier alpha value is -2.48. The van der Waals surface area contributed by atoms with E-state index in [9.17, 15) is 0 Å². The lowest BCUT2D eigenvalue weighted by atomic mass is 9.95. The molecule has 0 atom stereocenters. The topological polar surface area (TPSA) is 59.3 Å². The van der Waals surface area contributed by atoms with Crippen molar-refractivity contribution in [3.8, 4) is 5.69 Å². The van der Waals surface area contributed by atoms with Crippen LogP contribution >= 0.6 is 11.6 Å². The highest BCUT2D eigenvalue weighted by molar-refractivity contribution is 6.30. The number of morpholine rings is 1. The van der Waals surface area contributed by atoms with Gasteiger partial charge in [0.25, 0.3) is 0 Å². The van der Waals surface area contributed by atoms with Gasteiger partial charge in [-0.15, -0.1) is 10.2 Å². The van der Waals surface area contributed by atoms with E-state index in [0.29, 0.717) is 5.92 Å². The lowest BCUT2D eigenvalue weighted by molar-refractivity contribution is 0.0328. The SMILES string of the molecule is Cc1cc(Cl)ccc1-n1c(CN2CCOCC2)nnc1C1CCN(c2ccccn2)CC1. The summed E-state index contributed by atoms with van der Waals surface area (Å²) in [5.41, 5.74) is 2.25. The molecular formula is C24H29ClN6O. The molecule has 2 aliphatic heterocycles. The van der Waals surface area contributed by atoms with E-state index in [-0.39, 0.29) is 0 Å². The quantitative estimate of drug-likeness (QED) is 0.586. The molecule has 2 aliphatic rings. The van der Waals surface area contributed by atoms with Crippen molar-refractivity contribution in [3.63, 3.8) is 0 Å². The number of aryl methyl sites for hydroxylation is 1. The Balaban J connectivity index is 1.43. The summed E-state index contributed by atoms with van der Waals surface area (Å²) in [7, 11) is 0. The molecule has 2 aromatic heterocycles. The number of rotatable bonds is 5. The fourth-order valence-electron chi connectivity index (χ4n) is 4.70. The summed E-state index contributed by atoms with van der Waals surface area (Å²) in [6.07, 6.45) is 3.91. The van der Waals surface area contributed by atoms with Crippen LogP contribution < -0.4 is 4.90 Å². The number of nitrogens with zero attached hydrogens (tertiary/aromatic N) is 6. The van der Waals surface area contributed by atoms with Gasteiger partial charge in [0.05, 0.1) is 25.4 Å². The standard InChI is InChI=1S/C24H29ClN6O/c1-18-16-20(25)5-6-21(18)31-23(17-29-12-14-32-15-13-29)27-28-24(31)19-7-10-30(11-8-19)22-4-2-3-9-26-22/h2-6,9,16,19H,7-8,10-15,17H2,1H3. The number of benzene rings is 1. The number of aromatic nitrogens is 4. The fraction of sp³-hybridized carbons (Fsp3) is 0.458. The molecule has 1 aromatic carbocycles. The van der Waals surface area contributed by atoms with Crippen molar-refractivity contribution in [2.24, 2.45) is 0 Å².